The predicted octanol–water partition coefficient (Wildman–Crippen LogP) is 3.25. The van der Waals surface area contributed by atoms with Crippen LogP contribution >= 0.6 is 0 Å². The lowest BCUT2D eigenvalue weighted by Crippen LogP contribution is -2.28. The first kappa shape index (κ1) is 17.3. The van der Waals surface area contributed by atoms with Gasteiger partial charge in [-0.25, -0.2) is 4.98 Å². The lowest BCUT2D eigenvalue weighted by atomic mass is 10.1. The van der Waals surface area contributed by atoms with Gasteiger partial charge in [-0.15, -0.1) is 0 Å². The van der Waals surface area contributed by atoms with Crippen molar-refractivity contribution in [2.75, 3.05) is 20.8 Å². The van der Waals surface area contributed by atoms with E-state index in [0.29, 0.717) is 17.7 Å². The summed E-state index contributed by atoms with van der Waals surface area (Å²) in [6, 6.07) is 15.0. The minimum atomic E-state index is 0.482. The van der Waals surface area contributed by atoms with Gasteiger partial charge in [-0.2, -0.15) is 0 Å². The average molecular weight is 314 g/mol. The fourth-order valence-electron chi connectivity index (χ4n) is 2.48. The highest BCUT2D eigenvalue weighted by molar-refractivity contribution is 5.34. The van der Waals surface area contributed by atoms with Crippen molar-refractivity contribution >= 4 is 0 Å². The molecule has 1 aromatic carbocycles. The zero-order valence-corrected chi connectivity index (χ0v) is 14.2. The van der Waals surface area contributed by atoms with Gasteiger partial charge < -0.3 is 14.8 Å². The molecular formula is C19H26N2O2. The van der Waals surface area contributed by atoms with Crippen LogP contribution in [0.5, 0.6) is 11.6 Å². The molecule has 1 unspecified atom stereocenters. The third-order valence-corrected chi connectivity index (χ3v) is 3.88. The van der Waals surface area contributed by atoms with Gasteiger partial charge in [0.1, 0.15) is 0 Å². The predicted molar refractivity (Wildman–Crippen MR) is 93.3 cm³/mol. The molecule has 0 fully saturated rings. The Hall–Kier alpha value is -2.07. The maximum absolute atomic E-state index is 5.24. The van der Waals surface area contributed by atoms with Gasteiger partial charge in [-0.1, -0.05) is 30.3 Å². The molecule has 23 heavy (non-hydrogen) atoms. The van der Waals surface area contributed by atoms with Gasteiger partial charge in [0, 0.05) is 24.7 Å². The van der Waals surface area contributed by atoms with E-state index < -0.39 is 0 Å². The number of aryl methyl sites for hydroxylation is 1. The molecule has 0 saturated carbocycles. The quantitative estimate of drug-likeness (QED) is 0.771. The topological polar surface area (TPSA) is 43.4 Å². The van der Waals surface area contributed by atoms with E-state index in [1.165, 1.54) is 5.56 Å². The maximum atomic E-state index is 5.24. The van der Waals surface area contributed by atoms with E-state index in [0.717, 1.165) is 31.5 Å². The van der Waals surface area contributed by atoms with Crippen molar-refractivity contribution in [3.8, 4) is 11.6 Å². The van der Waals surface area contributed by atoms with Crippen LogP contribution < -0.4 is 14.8 Å². The summed E-state index contributed by atoms with van der Waals surface area (Å²) < 4.78 is 10.4. The van der Waals surface area contributed by atoms with Crippen LogP contribution in [0.15, 0.2) is 42.5 Å². The number of aromatic nitrogens is 1. The van der Waals surface area contributed by atoms with Crippen LogP contribution in [0.2, 0.25) is 0 Å². The standard InChI is InChI=1S/C19H26N2O2/c1-15(9-10-16-7-5-4-6-8-16)20-14-13-17-11-12-18(22-2)19(21-17)23-3/h4-8,11-12,15,20H,9-10,13-14H2,1-3H3. The summed E-state index contributed by atoms with van der Waals surface area (Å²) in [6.07, 6.45) is 3.10. The Morgan fingerprint density at radius 2 is 1.78 bits per heavy atom. The van der Waals surface area contributed by atoms with E-state index in [-0.39, 0.29) is 0 Å². The van der Waals surface area contributed by atoms with Gasteiger partial charge in [0.05, 0.1) is 14.2 Å². The number of nitrogens with zero attached hydrogens (tertiary/aromatic N) is 1. The molecule has 124 valence electrons. The molecule has 0 amide bonds. The van der Waals surface area contributed by atoms with Gasteiger partial charge in [-0.3, -0.25) is 0 Å². The molecule has 1 atom stereocenters. The molecule has 0 bridgehead atoms. The zero-order chi connectivity index (χ0) is 16.5. The molecule has 0 aliphatic carbocycles. The van der Waals surface area contributed by atoms with Crippen molar-refractivity contribution in [3.05, 3.63) is 53.7 Å². The third kappa shape index (κ3) is 5.57. The van der Waals surface area contributed by atoms with Gasteiger partial charge >= 0.3 is 0 Å². The molecule has 0 spiro atoms. The fourth-order valence-corrected chi connectivity index (χ4v) is 2.48. The minimum absolute atomic E-state index is 0.482. The number of hydrogen-bond acceptors (Lipinski definition) is 4. The second-order valence-electron chi connectivity index (χ2n) is 5.64. The number of benzene rings is 1. The molecule has 0 aliphatic heterocycles. The van der Waals surface area contributed by atoms with E-state index in [1.807, 2.05) is 12.1 Å². The number of methoxy groups -OCH3 is 2. The Balaban J connectivity index is 1.74. The Bertz CT molecular complexity index is 587. The molecule has 4 nitrogen and oxygen atoms in total. The summed E-state index contributed by atoms with van der Waals surface area (Å²) in [5, 5.41) is 3.56. The largest absolute Gasteiger partial charge is 0.491 e. The van der Waals surface area contributed by atoms with Gasteiger partial charge in [0.2, 0.25) is 0 Å². The number of nitrogens with one attached hydrogen (secondary N) is 1. The molecule has 0 radical (unpaired) electrons. The molecule has 2 rings (SSSR count). The van der Waals surface area contributed by atoms with E-state index in [1.54, 1.807) is 14.2 Å². The number of rotatable bonds is 9. The lowest BCUT2D eigenvalue weighted by molar-refractivity contribution is 0.341. The van der Waals surface area contributed by atoms with Crippen molar-refractivity contribution in [1.82, 2.24) is 10.3 Å². The molecule has 0 aliphatic rings. The first-order valence-corrected chi connectivity index (χ1v) is 8.08. The van der Waals surface area contributed by atoms with Crippen molar-refractivity contribution in [1.29, 1.82) is 0 Å². The van der Waals surface area contributed by atoms with Crippen molar-refractivity contribution in [3.63, 3.8) is 0 Å². The maximum Gasteiger partial charge on any atom is 0.256 e. The highest BCUT2D eigenvalue weighted by Crippen LogP contribution is 2.23. The van der Waals surface area contributed by atoms with Crippen LogP contribution in [0, 0.1) is 0 Å². The molecule has 1 aromatic heterocycles. The van der Waals surface area contributed by atoms with E-state index >= 15 is 0 Å². The monoisotopic (exact) mass is 314 g/mol. The molecule has 4 heteroatoms. The van der Waals surface area contributed by atoms with Gasteiger partial charge in [0.15, 0.2) is 5.75 Å². The summed E-state index contributed by atoms with van der Waals surface area (Å²) >= 11 is 0. The van der Waals surface area contributed by atoms with Crippen LogP contribution in [-0.4, -0.2) is 31.8 Å². The number of hydrogen-bond donors (Lipinski definition) is 1. The van der Waals surface area contributed by atoms with Crippen molar-refractivity contribution in [2.24, 2.45) is 0 Å². The Labute approximate surface area is 138 Å². The molecule has 0 saturated heterocycles. The zero-order valence-electron chi connectivity index (χ0n) is 14.2. The summed E-state index contributed by atoms with van der Waals surface area (Å²) in [4.78, 5) is 4.47. The Morgan fingerprint density at radius 1 is 1.00 bits per heavy atom. The van der Waals surface area contributed by atoms with Crippen molar-refractivity contribution < 1.29 is 9.47 Å². The summed E-state index contributed by atoms with van der Waals surface area (Å²) in [6.45, 7) is 3.13. The van der Waals surface area contributed by atoms with Crippen LogP contribution in [0.3, 0.4) is 0 Å². The minimum Gasteiger partial charge on any atom is -0.491 e. The summed E-state index contributed by atoms with van der Waals surface area (Å²) in [7, 11) is 3.23. The first-order chi connectivity index (χ1) is 11.2. The molecule has 1 N–H and O–H groups in total. The average Bonchev–Trinajstić information content (AvgIpc) is 2.60. The summed E-state index contributed by atoms with van der Waals surface area (Å²) in [5.74, 6) is 1.21. The van der Waals surface area contributed by atoms with Crippen LogP contribution in [0.4, 0.5) is 0 Å². The Kier molecular flexibility index (Phi) is 6.88. The van der Waals surface area contributed by atoms with E-state index in [2.05, 4.69) is 47.6 Å². The molecular weight excluding hydrogens is 288 g/mol. The highest BCUT2D eigenvalue weighted by atomic mass is 16.5. The van der Waals surface area contributed by atoms with Gasteiger partial charge in [-0.05, 0) is 37.5 Å². The van der Waals surface area contributed by atoms with Crippen molar-refractivity contribution in [2.45, 2.75) is 32.2 Å². The van der Waals surface area contributed by atoms with E-state index in [9.17, 15) is 0 Å². The third-order valence-electron chi connectivity index (χ3n) is 3.88. The molecule has 2 aromatic rings. The first-order valence-electron chi connectivity index (χ1n) is 8.08. The Morgan fingerprint density at radius 3 is 2.48 bits per heavy atom. The fraction of sp³-hybridized carbons (Fsp3) is 0.421. The van der Waals surface area contributed by atoms with Crippen LogP contribution in [-0.2, 0) is 12.8 Å². The highest BCUT2D eigenvalue weighted by Gasteiger charge is 2.07. The van der Waals surface area contributed by atoms with Crippen LogP contribution in [0.1, 0.15) is 24.6 Å². The SMILES string of the molecule is COc1ccc(CCNC(C)CCc2ccccc2)nc1OC. The van der Waals surface area contributed by atoms with Crippen LogP contribution in [0.25, 0.3) is 0 Å². The molecule has 1 heterocycles. The van der Waals surface area contributed by atoms with E-state index in [4.69, 9.17) is 9.47 Å². The van der Waals surface area contributed by atoms with Gasteiger partial charge in [0.25, 0.3) is 5.88 Å². The second kappa shape index (κ2) is 9.16. The number of ether oxygens (including phenoxy) is 2. The smallest absolute Gasteiger partial charge is 0.256 e. The normalized spacial score (nSPS) is 12.0. The lowest BCUT2D eigenvalue weighted by Gasteiger charge is -2.14. The number of pyridine rings is 1. The summed E-state index contributed by atoms with van der Waals surface area (Å²) in [5.41, 5.74) is 2.40. The second-order valence-corrected chi connectivity index (χ2v) is 5.64.